The van der Waals surface area contributed by atoms with Crippen LogP contribution in [0.3, 0.4) is 0 Å². The first-order valence-electron chi connectivity index (χ1n) is 17.1. The van der Waals surface area contributed by atoms with Crippen LogP contribution < -0.4 is 26.5 Å². The smallest absolute Gasteiger partial charge is 0.198 e. The predicted octanol–water partition coefficient (Wildman–Crippen LogP) is 10.5. The maximum atomic E-state index is 5.95. The molecule has 0 atom stereocenters. The van der Waals surface area contributed by atoms with Crippen molar-refractivity contribution in [1.29, 1.82) is 0 Å². The number of para-hydroxylation sites is 2. The van der Waals surface area contributed by atoms with Crippen LogP contribution in [-0.4, -0.2) is 7.28 Å². The molecule has 49 heavy (non-hydrogen) atoms. The zero-order valence-electron chi connectivity index (χ0n) is 28.8. The molecule has 0 aromatic heterocycles. The largest absolute Gasteiger partial charge is 0.404 e. The lowest BCUT2D eigenvalue weighted by molar-refractivity contribution is 1.01. The van der Waals surface area contributed by atoms with E-state index in [4.69, 9.17) is 5.73 Å². The van der Waals surface area contributed by atoms with Crippen LogP contribution in [0.5, 0.6) is 0 Å². The molecule has 1 aliphatic carbocycles. The van der Waals surface area contributed by atoms with Gasteiger partial charge in [0.1, 0.15) is 0 Å². The quantitative estimate of drug-likeness (QED) is 0.113. The van der Waals surface area contributed by atoms with E-state index < -0.39 is 0 Å². The van der Waals surface area contributed by atoms with Gasteiger partial charge in [0.05, 0.1) is 0 Å². The highest BCUT2D eigenvalue weighted by Crippen LogP contribution is 2.44. The second-order valence-corrected chi connectivity index (χ2v) is 13.7. The van der Waals surface area contributed by atoms with Crippen LogP contribution in [-0.2, 0) is 0 Å². The Balaban J connectivity index is 1.56. The highest BCUT2D eigenvalue weighted by molar-refractivity contribution is 8.06. The van der Waals surface area contributed by atoms with Crippen molar-refractivity contribution in [2.45, 2.75) is 40.0 Å². The van der Waals surface area contributed by atoms with Crippen LogP contribution in [0, 0.1) is 6.92 Å². The van der Waals surface area contributed by atoms with Crippen molar-refractivity contribution in [3.05, 3.63) is 179 Å². The summed E-state index contributed by atoms with van der Waals surface area (Å²) in [6.45, 7) is 14.7. The summed E-state index contributed by atoms with van der Waals surface area (Å²) in [6.07, 6.45) is 17.5. The third-order valence-electron chi connectivity index (χ3n) is 8.97. The van der Waals surface area contributed by atoms with Crippen molar-refractivity contribution in [2.75, 3.05) is 9.80 Å². The van der Waals surface area contributed by atoms with E-state index in [0.717, 1.165) is 54.2 Å². The van der Waals surface area contributed by atoms with Gasteiger partial charge in [-0.2, -0.15) is 0 Å². The molecule has 2 aliphatic rings. The van der Waals surface area contributed by atoms with Crippen molar-refractivity contribution >= 4 is 64.0 Å². The van der Waals surface area contributed by atoms with Gasteiger partial charge in [-0.1, -0.05) is 110 Å². The Morgan fingerprint density at radius 1 is 0.959 bits per heavy atom. The number of nitrogens with zero attached hydrogens (tertiary/aromatic N) is 2. The average molecular weight is 658 g/mol. The molecular formula is C44H44BN3S. The van der Waals surface area contributed by atoms with Crippen molar-refractivity contribution in [3.63, 3.8) is 0 Å². The molecule has 3 nitrogen and oxygen atoms in total. The fraction of sp³-hybridized carbons (Fsp3) is 0.136. The number of fused-ring (bicyclic) bond motifs is 2. The Bertz CT molecular complexity index is 2020. The van der Waals surface area contributed by atoms with Crippen LogP contribution in [0.15, 0.2) is 168 Å². The number of aryl methyl sites for hydroxylation is 1. The van der Waals surface area contributed by atoms with Crippen molar-refractivity contribution in [2.24, 2.45) is 5.73 Å². The summed E-state index contributed by atoms with van der Waals surface area (Å²) >= 11 is 1.81. The van der Waals surface area contributed by atoms with Gasteiger partial charge in [0.15, 0.2) is 7.28 Å². The topological polar surface area (TPSA) is 32.5 Å². The van der Waals surface area contributed by atoms with Gasteiger partial charge in [0.25, 0.3) is 0 Å². The Labute approximate surface area is 297 Å². The van der Waals surface area contributed by atoms with Gasteiger partial charge in [-0.3, -0.25) is 0 Å². The Morgan fingerprint density at radius 3 is 2.41 bits per heavy atom. The minimum absolute atomic E-state index is 0.832. The molecule has 5 heteroatoms. The molecule has 1 heterocycles. The lowest BCUT2D eigenvalue weighted by Crippen LogP contribution is -2.42. The maximum Gasteiger partial charge on any atom is 0.198 e. The third kappa shape index (κ3) is 7.04. The molecular weight excluding hydrogens is 613 g/mol. The van der Waals surface area contributed by atoms with Gasteiger partial charge in [0, 0.05) is 45.2 Å². The SMILES string of the molecule is C=C/C=C(\C=C)N(c1ccccc1)c1ccc2c(c1)N(c1ccccc1)c1cc(C)cc(C3=CCCC(S/C(C)=C\N)=C3/C=C\CC)c1B2. The van der Waals surface area contributed by atoms with Crippen LogP contribution >= 0.6 is 11.8 Å². The van der Waals surface area contributed by atoms with Gasteiger partial charge < -0.3 is 15.5 Å². The number of hydrogen-bond acceptors (Lipinski definition) is 4. The summed E-state index contributed by atoms with van der Waals surface area (Å²) in [5.41, 5.74) is 20.4. The summed E-state index contributed by atoms with van der Waals surface area (Å²) in [5.74, 6) is 0. The first kappa shape index (κ1) is 33.8. The Morgan fingerprint density at radius 2 is 1.71 bits per heavy atom. The van der Waals surface area contributed by atoms with E-state index in [1.54, 1.807) is 18.0 Å². The third-order valence-corrected chi connectivity index (χ3v) is 10.1. The number of hydrogen-bond donors (Lipinski definition) is 1. The fourth-order valence-electron chi connectivity index (χ4n) is 6.78. The average Bonchev–Trinajstić information content (AvgIpc) is 3.13. The second kappa shape index (κ2) is 15.4. The molecule has 2 N–H and O–H groups in total. The summed E-state index contributed by atoms with van der Waals surface area (Å²) in [4.78, 5) is 7.20. The molecule has 0 radical (unpaired) electrons. The van der Waals surface area contributed by atoms with E-state index in [0.29, 0.717) is 0 Å². The molecule has 0 spiro atoms. The number of anilines is 5. The standard InChI is InChI=1S/C44H44BN3S/c1-6-9-22-38-37(23-16-24-43(38)49-32(5)30-46)39-27-31(4)28-42-44(39)45-40-26-25-36(29-41(40)48(42)35-20-14-11-15-21-35)47(33(8-3)17-7-2)34-18-12-10-13-19-34/h7-15,17-23,25-30,45H,2-3,6,16,24,46H2,1,4-5H3/b22-9-,32-30-,33-17+. The maximum absolute atomic E-state index is 5.95. The predicted molar refractivity (Wildman–Crippen MR) is 219 cm³/mol. The minimum atomic E-state index is 0.832. The van der Waals surface area contributed by atoms with E-state index in [-0.39, 0.29) is 0 Å². The number of thioether (sulfide) groups is 1. The molecule has 0 fully saturated rings. The van der Waals surface area contributed by atoms with E-state index in [2.05, 4.69) is 147 Å². The van der Waals surface area contributed by atoms with Crippen molar-refractivity contribution in [1.82, 2.24) is 0 Å². The molecule has 4 aromatic rings. The molecule has 4 aromatic carbocycles. The molecule has 0 bridgehead atoms. The molecule has 244 valence electrons. The lowest BCUT2D eigenvalue weighted by Gasteiger charge is -2.37. The number of rotatable bonds is 11. The van der Waals surface area contributed by atoms with E-state index in [9.17, 15) is 0 Å². The summed E-state index contributed by atoms with van der Waals surface area (Å²) in [6, 6.07) is 32.8. The highest BCUT2D eigenvalue weighted by atomic mass is 32.2. The van der Waals surface area contributed by atoms with Gasteiger partial charge >= 0.3 is 0 Å². The van der Waals surface area contributed by atoms with Crippen LogP contribution in [0.4, 0.5) is 28.4 Å². The summed E-state index contributed by atoms with van der Waals surface area (Å²) in [5, 5.41) is 0. The van der Waals surface area contributed by atoms with Gasteiger partial charge in [-0.05, 0) is 120 Å². The van der Waals surface area contributed by atoms with Crippen LogP contribution in [0.1, 0.15) is 44.2 Å². The molecule has 0 unspecified atom stereocenters. The first-order chi connectivity index (χ1) is 24.0. The normalized spacial score (nSPS) is 14.6. The first-order valence-corrected chi connectivity index (χ1v) is 17.9. The van der Waals surface area contributed by atoms with E-state index >= 15 is 0 Å². The summed E-state index contributed by atoms with van der Waals surface area (Å²) < 4.78 is 0. The lowest BCUT2D eigenvalue weighted by atomic mass is 9.57. The van der Waals surface area contributed by atoms with E-state index in [1.165, 1.54) is 49.5 Å². The van der Waals surface area contributed by atoms with E-state index in [1.807, 2.05) is 24.3 Å². The van der Waals surface area contributed by atoms with Gasteiger partial charge in [-0.15, -0.1) is 0 Å². The molecule has 0 saturated carbocycles. The zero-order chi connectivity index (χ0) is 34.3. The second-order valence-electron chi connectivity index (χ2n) is 12.4. The molecule has 0 saturated heterocycles. The monoisotopic (exact) mass is 657 g/mol. The number of allylic oxidation sites excluding steroid dienone is 10. The number of nitrogens with two attached hydrogens (primary N) is 1. The molecule has 6 rings (SSSR count). The van der Waals surface area contributed by atoms with Gasteiger partial charge in [0.2, 0.25) is 0 Å². The number of benzene rings is 4. The van der Waals surface area contributed by atoms with Crippen LogP contribution in [0.25, 0.3) is 5.57 Å². The van der Waals surface area contributed by atoms with Crippen molar-refractivity contribution < 1.29 is 0 Å². The van der Waals surface area contributed by atoms with Crippen molar-refractivity contribution in [3.8, 4) is 0 Å². The van der Waals surface area contributed by atoms with Gasteiger partial charge in [-0.25, -0.2) is 0 Å². The van der Waals surface area contributed by atoms with Crippen LogP contribution in [0.2, 0.25) is 0 Å². The zero-order valence-corrected chi connectivity index (χ0v) is 29.6. The minimum Gasteiger partial charge on any atom is -0.404 e. The Hall–Kier alpha value is -5.13. The highest BCUT2D eigenvalue weighted by Gasteiger charge is 2.30. The fourth-order valence-corrected chi connectivity index (χ4v) is 7.74. The summed E-state index contributed by atoms with van der Waals surface area (Å²) in [7, 11) is 0.832. The molecule has 1 aliphatic heterocycles. The Kier molecular flexibility index (Phi) is 10.6. The molecule has 0 amide bonds.